The fourth-order valence-corrected chi connectivity index (χ4v) is 10.6. The zero-order valence-corrected chi connectivity index (χ0v) is 53.2. The molecule has 5 atom stereocenters. The molecular weight excluding hydrogens is 1070 g/mol. The van der Waals surface area contributed by atoms with Gasteiger partial charge in [-0.2, -0.15) is 0 Å². The molecule has 0 aromatic heterocycles. The lowest BCUT2D eigenvalue weighted by Crippen LogP contribution is -2.30. The lowest BCUT2D eigenvalue weighted by atomic mass is 10.0. The standard InChI is InChI=1S/C61H118O17P2/c1-7-9-11-13-24-33-39-45-60(65)77-56(49-71-58(63)43-37-29-12-10-8-2)51-75-79(67,68)73-47-55(62)48-74-80(69,70)76-52-57(50-72-59(64)44-38-32-27-22-19-18-21-26-31-36-42-54(5)6)78-61(66)46-40-34-28-23-17-15-14-16-20-25-30-35-41-53(3)4/h53-57,62H,7-52H2,1-6H3,(H,67,68)(H,69,70)/t55-,56+,57+/m0/s1. The molecule has 2 unspecified atom stereocenters. The molecule has 0 aromatic rings. The highest BCUT2D eigenvalue weighted by Gasteiger charge is 2.30. The fraction of sp³-hybridized carbons (Fsp3) is 0.934. The highest BCUT2D eigenvalue weighted by Crippen LogP contribution is 2.45. The van der Waals surface area contributed by atoms with Crippen LogP contribution in [0.1, 0.15) is 298 Å². The molecule has 80 heavy (non-hydrogen) atoms. The Kier molecular flexibility index (Phi) is 52.5. The second kappa shape index (κ2) is 53.8. The van der Waals surface area contributed by atoms with Gasteiger partial charge in [-0.1, -0.05) is 247 Å². The van der Waals surface area contributed by atoms with E-state index in [-0.39, 0.29) is 25.7 Å². The summed E-state index contributed by atoms with van der Waals surface area (Å²) in [5.41, 5.74) is 0. The maximum absolute atomic E-state index is 12.9. The van der Waals surface area contributed by atoms with Crippen LogP contribution in [0.25, 0.3) is 0 Å². The van der Waals surface area contributed by atoms with Crippen molar-refractivity contribution in [1.29, 1.82) is 0 Å². The van der Waals surface area contributed by atoms with Gasteiger partial charge in [0.05, 0.1) is 26.4 Å². The molecular formula is C61H118O17P2. The number of carbonyl (C=O) groups is 4. The van der Waals surface area contributed by atoms with Crippen molar-refractivity contribution in [3.05, 3.63) is 0 Å². The summed E-state index contributed by atoms with van der Waals surface area (Å²) in [4.78, 5) is 71.7. The van der Waals surface area contributed by atoms with Crippen LogP contribution < -0.4 is 0 Å². The van der Waals surface area contributed by atoms with Crippen LogP contribution in [0.4, 0.5) is 0 Å². The first-order chi connectivity index (χ1) is 38.4. The van der Waals surface area contributed by atoms with Gasteiger partial charge >= 0.3 is 39.5 Å². The molecule has 0 saturated carbocycles. The van der Waals surface area contributed by atoms with Crippen LogP contribution in [0, 0.1) is 11.8 Å². The molecule has 17 nitrogen and oxygen atoms in total. The Hall–Kier alpha value is -1.94. The van der Waals surface area contributed by atoms with Crippen molar-refractivity contribution in [2.24, 2.45) is 11.8 Å². The van der Waals surface area contributed by atoms with E-state index in [0.717, 1.165) is 121 Å². The number of rotatable bonds is 60. The van der Waals surface area contributed by atoms with Gasteiger partial charge in [-0.15, -0.1) is 0 Å². The first-order valence-electron chi connectivity index (χ1n) is 32.0. The van der Waals surface area contributed by atoms with Crippen molar-refractivity contribution < 1.29 is 80.2 Å². The molecule has 474 valence electrons. The van der Waals surface area contributed by atoms with E-state index in [9.17, 15) is 43.2 Å². The Balaban J connectivity index is 5.16. The fourth-order valence-electron chi connectivity index (χ4n) is 9.00. The van der Waals surface area contributed by atoms with Gasteiger partial charge in [0.15, 0.2) is 12.2 Å². The quantitative estimate of drug-likeness (QED) is 0.0222. The van der Waals surface area contributed by atoms with Crippen LogP contribution in [0.5, 0.6) is 0 Å². The van der Waals surface area contributed by atoms with Gasteiger partial charge in [0.1, 0.15) is 19.3 Å². The predicted molar refractivity (Wildman–Crippen MR) is 317 cm³/mol. The van der Waals surface area contributed by atoms with Crippen molar-refractivity contribution in [2.75, 3.05) is 39.6 Å². The van der Waals surface area contributed by atoms with Crippen LogP contribution in [0.3, 0.4) is 0 Å². The predicted octanol–water partition coefficient (Wildman–Crippen LogP) is 16.5. The lowest BCUT2D eigenvalue weighted by Gasteiger charge is -2.21. The molecule has 0 bridgehead atoms. The lowest BCUT2D eigenvalue weighted by molar-refractivity contribution is -0.161. The number of phosphoric ester groups is 2. The number of carbonyl (C=O) groups excluding carboxylic acids is 4. The van der Waals surface area contributed by atoms with Crippen LogP contribution >= 0.6 is 15.6 Å². The van der Waals surface area contributed by atoms with Gasteiger partial charge in [0.25, 0.3) is 0 Å². The van der Waals surface area contributed by atoms with E-state index in [1.54, 1.807) is 0 Å². The number of unbranched alkanes of at least 4 members (excludes halogenated alkanes) is 30. The van der Waals surface area contributed by atoms with Gasteiger partial charge in [0.2, 0.25) is 0 Å². The third-order valence-electron chi connectivity index (χ3n) is 14.0. The van der Waals surface area contributed by atoms with E-state index < -0.39 is 97.5 Å². The summed E-state index contributed by atoms with van der Waals surface area (Å²) in [6.07, 6.45) is 35.3. The highest BCUT2D eigenvalue weighted by atomic mass is 31.2. The molecule has 19 heteroatoms. The zero-order valence-electron chi connectivity index (χ0n) is 51.4. The summed E-state index contributed by atoms with van der Waals surface area (Å²) in [7, 11) is -9.87. The molecule has 0 fully saturated rings. The van der Waals surface area contributed by atoms with Crippen LogP contribution in [-0.4, -0.2) is 96.7 Å². The summed E-state index contributed by atoms with van der Waals surface area (Å²) < 4.78 is 67.6. The number of aliphatic hydroxyl groups is 1. The van der Waals surface area contributed by atoms with Gasteiger partial charge in [0, 0.05) is 25.7 Å². The summed E-state index contributed by atoms with van der Waals surface area (Å²) in [6, 6.07) is 0. The Morgan fingerprint density at radius 3 is 0.850 bits per heavy atom. The highest BCUT2D eigenvalue weighted by molar-refractivity contribution is 7.47. The van der Waals surface area contributed by atoms with Crippen molar-refractivity contribution in [2.45, 2.75) is 317 Å². The maximum atomic E-state index is 12.9. The molecule has 0 radical (unpaired) electrons. The molecule has 0 aliphatic rings. The topological polar surface area (TPSA) is 237 Å². The Morgan fingerprint density at radius 1 is 0.338 bits per heavy atom. The van der Waals surface area contributed by atoms with E-state index in [1.807, 2.05) is 0 Å². The molecule has 0 spiro atoms. The van der Waals surface area contributed by atoms with E-state index in [1.165, 1.54) is 96.3 Å². The number of hydrogen-bond acceptors (Lipinski definition) is 15. The summed E-state index contributed by atoms with van der Waals surface area (Å²) >= 11 is 0. The average molecular weight is 1190 g/mol. The first-order valence-corrected chi connectivity index (χ1v) is 35.0. The minimum absolute atomic E-state index is 0.103. The van der Waals surface area contributed by atoms with E-state index >= 15 is 0 Å². The third-order valence-corrected chi connectivity index (χ3v) is 15.9. The first kappa shape index (κ1) is 78.1. The number of esters is 4. The van der Waals surface area contributed by atoms with Crippen LogP contribution in [-0.2, 0) is 65.4 Å². The van der Waals surface area contributed by atoms with Gasteiger partial charge < -0.3 is 33.8 Å². The van der Waals surface area contributed by atoms with Crippen molar-refractivity contribution in [3.63, 3.8) is 0 Å². The van der Waals surface area contributed by atoms with E-state index in [0.29, 0.717) is 25.7 Å². The molecule has 0 saturated heterocycles. The second-order valence-electron chi connectivity index (χ2n) is 23.0. The van der Waals surface area contributed by atoms with Crippen LogP contribution in [0.15, 0.2) is 0 Å². The summed E-state index contributed by atoms with van der Waals surface area (Å²) in [5, 5.41) is 10.5. The van der Waals surface area contributed by atoms with Crippen molar-refractivity contribution in [3.8, 4) is 0 Å². The minimum atomic E-state index is -4.94. The third kappa shape index (κ3) is 55.3. The number of ether oxygens (including phenoxy) is 4. The molecule has 0 heterocycles. The zero-order chi connectivity index (χ0) is 59.4. The van der Waals surface area contributed by atoms with Gasteiger partial charge in [-0.25, -0.2) is 9.13 Å². The van der Waals surface area contributed by atoms with E-state index in [4.69, 9.17) is 37.0 Å². The minimum Gasteiger partial charge on any atom is -0.462 e. The molecule has 0 aliphatic carbocycles. The largest absolute Gasteiger partial charge is 0.472 e. The molecule has 0 aliphatic heterocycles. The van der Waals surface area contributed by atoms with Crippen molar-refractivity contribution in [1.82, 2.24) is 0 Å². The Labute approximate surface area is 486 Å². The Morgan fingerprint density at radius 2 is 0.575 bits per heavy atom. The number of aliphatic hydroxyl groups excluding tert-OH is 1. The van der Waals surface area contributed by atoms with Gasteiger partial charge in [-0.05, 0) is 37.5 Å². The molecule has 0 aromatic carbocycles. The van der Waals surface area contributed by atoms with E-state index in [2.05, 4.69) is 41.5 Å². The number of hydrogen-bond donors (Lipinski definition) is 3. The smallest absolute Gasteiger partial charge is 0.462 e. The van der Waals surface area contributed by atoms with Crippen molar-refractivity contribution >= 4 is 39.5 Å². The van der Waals surface area contributed by atoms with Gasteiger partial charge in [-0.3, -0.25) is 37.3 Å². The monoisotopic (exact) mass is 1180 g/mol. The molecule has 0 amide bonds. The Bertz CT molecular complexity index is 1580. The summed E-state index contributed by atoms with van der Waals surface area (Å²) in [5.74, 6) is -0.618. The SMILES string of the molecule is CCCCCCCCCC(=O)O[C@H](COC(=O)CCCCCCC)COP(=O)(O)OC[C@H](O)COP(=O)(O)OC[C@@H](COC(=O)CCCCCCCCCCCCC(C)C)OC(=O)CCCCCCCCCCCCCCC(C)C. The molecule has 0 rings (SSSR count). The summed E-state index contributed by atoms with van der Waals surface area (Å²) in [6.45, 7) is 9.34. The maximum Gasteiger partial charge on any atom is 0.472 e. The molecule has 3 N–H and O–H groups in total. The normalized spacial score (nSPS) is 14.4. The number of phosphoric acid groups is 2. The second-order valence-corrected chi connectivity index (χ2v) is 25.9. The van der Waals surface area contributed by atoms with Crippen LogP contribution in [0.2, 0.25) is 0 Å². The average Bonchev–Trinajstić information content (AvgIpc) is 3.41.